The Hall–Kier alpha value is -1.01. The van der Waals surface area contributed by atoms with Crippen molar-refractivity contribution >= 4 is 25.8 Å². The molecule has 4 nitrogen and oxygen atoms in total. The zero-order chi connectivity index (χ0) is 13.9. The van der Waals surface area contributed by atoms with E-state index in [-0.39, 0.29) is 11.5 Å². The molecular formula is C13H15BrO4S. The van der Waals surface area contributed by atoms with Crippen LogP contribution in [-0.2, 0) is 15.6 Å². The summed E-state index contributed by atoms with van der Waals surface area (Å²) in [6.07, 6.45) is 3.37. The lowest BCUT2D eigenvalue weighted by Crippen LogP contribution is -2.16. The fourth-order valence-corrected chi connectivity index (χ4v) is 3.72. The molecule has 0 saturated carbocycles. The monoisotopic (exact) mass is 346 g/mol. The fraction of sp³-hybridized carbons (Fsp3) is 0.385. The van der Waals surface area contributed by atoms with Crippen LogP contribution in [0.25, 0.3) is 0 Å². The van der Waals surface area contributed by atoms with Gasteiger partial charge in [0.25, 0.3) is 0 Å². The van der Waals surface area contributed by atoms with Crippen LogP contribution in [0, 0.1) is 0 Å². The Labute approximate surface area is 121 Å². The third kappa shape index (κ3) is 3.73. The molecule has 0 atom stereocenters. The van der Waals surface area contributed by atoms with Crippen molar-refractivity contribution in [2.45, 2.75) is 12.7 Å². The summed E-state index contributed by atoms with van der Waals surface area (Å²) in [5.41, 5.74) is 0.689. The van der Waals surface area contributed by atoms with Gasteiger partial charge in [-0.25, -0.2) is 8.42 Å². The first-order valence-electron chi connectivity index (χ1n) is 5.91. The average molecular weight is 347 g/mol. The molecule has 0 unspecified atom stereocenters. The average Bonchev–Trinajstić information content (AvgIpc) is 2.37. The molecule has 1 aromatic carbocycles. The molecule has 6 heteroatoms. The van der Waals surface area contributed by atoms with Gasteiger partial charge in [0, 0.05) is 4.47 Å². The van der Waals surface area contributed by atoms with Crippen LogP contribution in [-0.4, -0.2) is 27.4 Å². The lowest BCUT2D eigenvalue weighted by Gasteiger charge is -2.19. The van der Waals surface area contributed by atoms with Gasteiger partial charge >= 0.3 is 0 Å². The maximum Gasteiger partial charge on any atom is 0.162 e. The molecule has 1 aromatic rings. The van der Waals surface area contributed by atoms with E-state index in [9.17, 15) is 8.42 Å². The molecule has 1 aliphatic heterocycles. The van der Waals surface area contributed by atoms with Crippen molar-refractivity contribution in [2.24, 2.45) is 0 Å². The van der Waals surface area contributed by atoms with E-state index in [2.05, 4.69) is 15.9 Å². The van der Waals surface area contributed by atoms with Crippen LogP contribution in [0.1, 0.15) is 12.5 Å². The number of sulfone groups is 1. The van der Waals surface area contributed by atoms with Crippen molar-refractivity contribution < 1.29 is 17.9 Å². The molecule has 1 aliphatic rings. The van der Waals surface area contributed by atoms with Gasteiger partial charge < -0.3 is 9.47 Å². The third-order valence-corrected chi connectivity index (χ3v) is 4.86. The molecule has 0 bridgehead atoms. The van der Waals surface area contributed by atoms with Crippen LogP contribution < -0.4 is 9.47 Å². The molecule has 2 rings (SSSR count). The Bertz CT molecular complexity index is 593. The minimum absolute atomic E-state index is 0.0193. The predicted octanol–water partition coefficient (Wildman–Crippen LogP) is 2.71. The number of benzene rings is 1. The van der Waals surface area contributed by atoms with Crippen molar-refractivity contribution in [3.63, 3.8) is 0 Å². The van der Waals surface area contributed by atoms with Gasteiger partial charge in [-0.2, -0.15) is 0 Å². The summed E-state index contributed by atoms with van der Waals surface area (Å²) in [7, 11) is -3.16. The van der Waals surface area contributed by atoms with Crippen molar-refractivity contribution in [3.8, 4) is 11.5 Å². The van der Waals surface area contributed by atoms with Gasteiger partial charge in [0.15, 0.2) is 21.3 Å². The smallest absolute Gasteiger partial charge is 0.162 e. The van der Waals surface area contributed by atoms with Crippen LogP contribution in [0.15, 0.2) is 28.8 Å². The lowest BCUT2D eigenvalue weighted by atomic mass is 10.2. The summed E-state index contributed by atoms with van der Waals surface area (Å²) in [4.78, 5) is 0. The Morgan fingerprint density at radius 3 is 2.53 bits per heavy atom. The molecule has 0 saturated heterocycles. The molecule has 1 heterocycles. The molecule has 0 aliphatic carbocycles. The summed E-state index contributed by atoms with van der Waals surface area (Å²) >= 11 is 3.38. The van der Waals surface area contributed by atoms with Gasteiger partial charge in [-0.15, -0.1) is 0 Å². The topological polar surface area (TPSA) is 52.6 Å². The number of allylic oxidation sites excluding steroid dienone is 1. The highest BCUT2D eigenvalue weighted by molar-refractivity contribution is 9.10. The van der Waals surface area contributed by atoms with Gasteiger partial charge in [-0.05, 0) is 24.6 Å². The van der Waals surface area contributed by atoms with Crippen LogP contribution in [0.5, 0.6) is 11.5 Å². The normalized spacial score (nSPS) is 14.8. The Balaban J connectivity index is 2.25. The molecule has 104 valence electrons. The molecule has 0 spiro atoms. The van der Waals surface area contributed by atoms with Crippen LogP contribution in [0.3, 0.4) is 0 Å². The quantitative estimate of drug-likeness (QED) is 0.786. The second kappa shape index (κ2) is 5.96. The third-order valence-electron chi connectivity index (χ3n) is 2.67. The highest BCUT2D eigenvalue weighted by Crippen LogP contribution is 2.36. The fourth-order valence-electron chi connectivity index (χ4n) is 1.76. The first-order chi connectivity index (χ1) is 9.02. The first kappa shape index (κ1) is 14.4. The van der Waals surface area contributed by atoms with E-state index in [1.54, 1.807) is 31.2 Å². The van der Waals surface area contributed by atoms with Crippen LogP contribution >= 0.6 is 15.9 Å². The number of rotatable bonds is 4. The number of ether oxygens (including phenoxy) is 2. The van der Waals surface area contributed by atoms with Gasteiger partial charge in [0.1, 0.15) is 13.2 Å². The van der Waals surface area contributed by atoms with Crippen molar-refractivity contribution in [3.05, 3.63) is 34.3 Å². The molecule has 0 aromatic heterocycles. The highest BCUT2D eigenvalue weighted by atomic mass is 79.9. The maximum absolute atomic E-state index is 11.9. The second-order valence-electron chi connectivity index (χ2n) is 4.21. The van der Waals surface area contributed by atoms with Gasteiger partial charge in [0.05, 0.1) is 11.5 Å². The van der Waals surface area contributed by atoms with E-state index in [1.165, 1.54) is 0 Å². The minimum atomic E-state index is -3.16. The zero-order valence-corrected chi connectivity index (χ0v) is 13.0. The van der Waals surface area contributed by atoms with E-state index in [0.717, 1.165) is 4.47 Å². The Morgan fingerprint density at radius 2 is 1.89 bits per heavy atom. The molecule has 0 fully saturated rings. The Kier molecular flexibility index (Phi) is 4.52. The molecule has 0 radical (unpaired) electrons. The van der Waals surface area contributed by atoms with Crippen LogP contribution in [0.2, 0.25) is 0 Å². The molecule has 0 amide bonds. The number of fused-ring (bicyclic) bond motifs is 1. The maximum atomic E-state index is 11.9. The van der Waals surface area contributed by atoms with E-state index in [4.69, 9.17) is 9.47 Å². The molecule has 19 heavy (non-hydrogen) atoms. The summed E-state index contributed by atoms with van der Waals surface area (Å²) < 4.78 is 35.5. The summed E-state index contributed by atoms with van der Waals surface area (Å²) in [6, 6.07) is 3.49. The Morgan fingerprint density at radius 1 is 1.26 bits per heavy atom. The van der Waals surface area contributed by atoms with Crippen LogP contribution in [0.4, 0.5) is 0 Å². The van der Waals surface area contributed by atoms with Gasteiger partial charge in [-0.3, -0.25) is 0 Å². The van der Waals surface area contributed by atoms with E-state index in [1.807, 2.05) is 0 Å². The zero-order valence-electron chi connectivity index (χ0n) is 10.6. The van der Waals surface area contributed by atoms with Gasteiger partial charge in [-0.1, -0.05) is 28.1 Å². The summed E-state index contributed by atoms with van der Waals surface area (Å²) in [5, 5.41) is 0. The number of hydrogen-bond donors (Lipinski definition) is 0. The predicted molar refractivity (Wildman–Crippen MR) is 77.4 cm³/mol. The molecule has 0 N–H and O–H groups in total. The largest absolute Gasteiger partial charge is 0.486 e. The lowest BCUT2D eigenvalue weighted by molar-refractivity contribution is 0.171. The summed E-state index contributed by atoms with van der Waals surface area (Å²) in [5.74, 6) is 1.28. The second-order valence-corrected chi connectivity index (χ2v) is 7.17. The minimum Gasteiger partial charge on any atom is -0.486 e. The van der Waals surface area contributed by atoms with E-state index >= 15 is 0 Å². The highest BCUT2D eigenvalue weighted by Gasteiger charge is 2.18. The standard InChI is InChI=1S/C13H15BrO4S/c1-2-3-6-19(15,16)9-10-7-12-13(8-11(10)14)18-5-4-17-12/h2-3,7-8H,4-6,9H2,1H3. The van der Waals surface area contributed by atoms with Crippen molar-refractivity contribution in [1.82, 2.24) is 0 Å². The van der Waals surface area contributed by atoms with Crippen molar-refractivity contribution in [1.29, 1.82) is 0 Å². The van der Waals surface area contributed by atoms with E-state index in [0.29, 0.717) is 30.3 Å². The number of halogens is 1. The van der Waals surface area contributed by atoms with Gasteiger partial charge in [0.2, 0.25) is 0 Å². The number of hydrogen-bond acceptors (Lipinski definition) is 4. The summed E-state index contributed by atoms with van der Waals surface area (Å²) in [6.45, 7) is 2.80. The SMILES string of the molecule is CC=CCS(=O)(=O)Cc1cc2c(cc1Br)OCCO2. The van der Waals surface area contributed by atoms with Crippen molar-refractivity contribution in [2.75, 3.05) is 19.0 Å². The first-order valence-corrected chi connectivity index (χ1v) is 8.53. The molecular weight excluding hydrogens is 332 g/mol. The van der Waals surface area contributed by atoms with E-state index < -0.39 is 9.84 Å².